The number of hydrogen-bond donors (Lipinski definition) is 1. The summed E-state index contributed by atoms with van der Waals surface area (Å²) < 4.78 is 1.16. The fraction of sp³-hybridized carbons (Fsp3) is 0.312. The quantitative estimate of drug-likeness (QED) is 0.705. The lowest BCUT2D eigenvalue weighted by Crippen LogP contribution is -2.32. The number of nitrogens with one attached hydrogen (secondary N) is 1. The average Bonchev–Trinajstić information content (AvgIpc) is 2.96. The van der Waals surface area contributed by atoms with Gasteiger partial charge in [-0.2, -0.15) is 0 Å². The average molecular weight is 448 g/mol. The minimum absolute atomic E-state index is 0.452. The molecule has 1 aliphatic heterocycles. The smallest absolute Gasteiger partial charge is 0.128 e. The third-order valence-electron chi connectivity index (χ3n) is 3.82. The zero-order chi connectivity index (χ0) is 15.5. The molecule has 1 N–H and O–H groups in total. The molecule has 1 aliphatic rings. The van der Waals surface area contributed by atoms with Crippen molar-refractivity contribution in [3.05, 3.63) is 55.7 Å². The number of pyridine rings is 1. The first-order chi connectivity index (χ1) is 10.6. The van der Waals surface area contributed by atoms with E-state index >= 15 is 0 Å². The maximum atomic E-state index is 6.21. The van der Waals surface area contributed by atoms with Gasteiger partial charge in [-0.3, -0.25) is 0 Å². The van der Waals surface area contributed by atoms with Gasteiger partial charge in [-0.1, -0.05) is 29.3 Å². The molecule has 1 atom stereocenters. The number of nitrogens with zero attached hydrogens (tertiary/aromatic N) is 2. The lowest BCUT2D eigenvalue weighted by atomic mass is 10.2. The van der Waals surface area contributed by atoms with Crippen molar-refractivity contribution in [1.29, 1.82) is 0 Å². The second kappa shape index (κ2) is 7.34. The molecule has 1 saturated heterocycles. The van der Waals surface area contributed by atoms with Gasteiger partial charge >= 0.3 is 0 Å². The van der Waals surface area contributed by atoms with Crippen molar-refractivity contribution in [1.82, 2.24) is 10.3 Å². The Balaban J connectivity index is 1.56. The molecule has 0 amide bonds. The maximum absolute atomic E-state index is 6.21. The Bertz CT molecular complexity index is 648. The molecule has 116 valence electrons. The van der Waals surface area contributed by atoms with Crippen LogP contribution in [0.1, 0.15) is 12.0 Å². The largest absolute Gasteiger partial charge is 0.355 e. The van der Waals surface area contributed by atoms with Crippen molar-refractivity contribution in [2.75, 3.05) is 18.0 Å². The number of anilines is 1. The molecular formula is C16H16Cl2IN3. The van der Waals surface area contributed by atoms with Gasteiger partial charge in [-0.05, 0) is 58.8 Å². The third kappa shape index (κ3) is 4.04. The molecule has 2 aromatic rings. The first-order valence-electron chi connectivity index (χ1n) is 7.15. The van der Waals surface area contributed by atoms with E-state index in [0.717, 1.165) is 41.0 Å². The molecule has 1 fully saturated rings. The second-order valence-electron chi connectivity index (χ2n) is 5.38. The molecule has 0 radical (unpaired) electrons. The Morgan fingerprint density at radius 2 is 2.14 bits per heavy atom. The van der Waals surface area contributed by atoms with Gasteiger partial charge < -0.3 is 10.2 Å². The number of hydrogen-bond acceptors (Lipinski definition) is 3. The molecule has 0 aliphatic carbocycles. The summed E-state index contributed by atoms with van der Waals surface area (Å²) in [7, 11) is 0. The predicted molar refractivity (Wildman–Crippen MR) is 101 cm³/mol. The van der Waals surface area contributed by atoms with Crippen molar-refractivity contribution in [2.24, 2.45) is 0 Å². The summed E-state index contributed by atoms with van der Waals surface area (Å²) in [5.74, 6) is 1.05. The van der Waals surface area contributed by atoms with Gasteiger partial charge in [0.25, 0.3) is 0 Å². The van der Waals surface area contributed by atoms with Crippen LogP contribution in [0, 0.1) is 3.57 Å². The van der Waals surface area contributed by atoms with Crippen molar-refractivity contribution < 1.29 is 0 Å². The van der Waals surface area contributed by atoms with Gasteiger partial charge in [-0.25, -0.2) is 4.98 Å². The lowest BCUT2D eigenvalue weighted by molar-refractivity contribution is 0.551. The summed E-state index contributed by atoms with van der Waals surface area (Å²) in [5, 5.41) is 4.96. The molecule has 6 heteroatoms. The van der Waals surface area contributed by atoms with E-state index in [2.05, 4.69) is 49.9 Å². The Kier molecular flexibility index (Phi) is 5.44. The van der Waals surface area contributed by atoms with Crippen LogP contribution < -0.4 is 10.2 Å². The number of aromatic nitrogens is 1. The molecule has 3 nitrogen and oxygen atoms in total. The second-order valence-corrected chi connectivity index (χ2v) is 7.47. The summed E-state index contributed by atoms with van der Waals surface area (Å²) in [6.45, 7) is 2.76. The Morgan fingerprint density at radius 1 is 1.27 bits per heavy atom. The van der Waals surface area contributed by atoms with E-state index in [0.29, 0.717) is 16.1 Å². The fourth-order valence-electron chi connectivity index (χ4n) is 2.61. The molecule has 1 aromatic carbocycles. The van der Waals surface area contributed by atoms with Crippen LogP contribution in [-0.4, -0.2) is 24.1 Å². The number of benzene rings is 1. The zero-order valence-corrected chi connectivity index (χ0v) is 15.6. The van der Waals surface area contributed by atoms with Crippen LogP contribution in [0.3, 0.4) is 0 Å². The molecule has 0 spiro atoms. The third-order valence-corrected chi connectivity index (χ3v) is 5.05. The molecule has 0 saturated carbocycles. The SMILES string of the molecule is Clc1ccc(CNC2CCN(c3ccc(I)cn3)C2)c(Cl)c1. The van der Waals surface area contributed by atoms with Crippen LogP contribution in [-0.2, 0) is 6.54 Å². The molecule has 3 rings (SSSR count). The summed E-state index contributed by atoms with van der Waals surface area (Å²) >= 11 is 14.4. The van der Waals surface area contributed by atoms with Crippen LogP contribution in [0.2, 0.25) is 10.0 Å². The van der Waals surface area contributed by atoms with Crippen molar-refractivity contribution in [2.45, 2.75) is 19.0 Å². The van der Waals surface area contributed by atoms with Crippen LogP contribution >= 0.6 is 45.8 Å². The van der Waals surface area contributed by atoms with Crippen molar-refractivity contribution >= 4 is 51.6 Å². The summed E-state index contributed by atoms with van der Waals surface area (Å²) in [6.07, 6.45) is 3.02. The normalized spacial score (nSPS) is 18.0. The highest BCUT2D eigenvalue weighted by Gasteiger charge is 2.23. The van der Waals surface area contributed by atoms with E-state index in [9.17, 15) is 0 Å². The van der Waals surface area contributed by atoms with Gasteiger partial charge in [-0.15, -0.1) is 0 Å². The molecule has 1 unspecified atom stereocenters. The molecular weight excluding hydrogens is 432 g/mol. The number of rotatable bonds is 4. The van der Waals surface area contributed by atoms with Crippen molar-refractivity contribution in [3.8, 4) is 0 Å². The van der Waals surface area contributed by atoms with Crippen LogP contribution in [0.4, 0.5) is 5.82 Å². The summed E-state index contributed by atoms with van der Waals surface area (Å²) in [5.41, 5.74) is 1.08. The van der Waals surface area contributed by atoms with Crippen LogP contribution in [0.5, 0.6) is 0 Å². The van der Waals surface area contributed by atoms with E-state index in [1.807, 2.05) is 18.3 Å². The highest BCUT2D eigenvalue weighted by Crippen LogP contribution is 2.22. The lowest BCUT2D eigenvalue weighted by Gasteiger charge is -2.18. The Morgan fingerprint density at radius 3 is 2.86 bits per heavy atom. The molecule has 1 aromatic heterocycles. The van der Waals surface area contributed by atoms with E-state index in [1.165, 1.54) is 0 Å². The fourth-order valence-corrected chi connectivity index (χ4v) is 3.40. The molecule has 2 heterocycles. The minimum atomic E-state index is 0.452. The highest BCUT2D eigenvalue weighted by molar-refractivity contribution is 14.1. The van der Waals surface area contributed by atoms with Crippen LogP contribution in [0.15, 0.2) is 36.5 Å². The van der Waals surface area contributed by atoms with E-state index < -0.39 is 0 Å². The van der Waals surface area contributed by atoms with E-state index in [-0.39, 0.29) is 0 Å². The summed E-state index contributed by atoms with van der Waals surface area (Å²) in [4.78, 5) is 6.81. The molecule has 0 bridgehead atoms. The van der Waals surface area contributed by atoms with Gasteiger partial charge in [0.15, 0.2) is 0 Å². The Labute approximate surface area is 154 Å². The Hall–Kier alpha value is -0.560. The first kappa shape index (κ1) is 16.3. The molecule has 22 heavy (non-hydrogen) atoms. The number of halogens is 3. The van der Waals surface area contributed by atoms with Gasteiger partial charge in [0.2, 0.25) is 0 Å². The maximum Gasteiger partial charge on any atom is 0.128 e. The predicted octanol–water partition coefficient (Wildman–Crippen LogP) is 4.36. The van der Waals surface area contributed by atoms with E-state index in [4.69, 9.17) is 23.2 Å². The zero-order valence-electron chi connectivity index (χ0n) is 11.9. The first-order valence-corrected chi connectivity index (χ1v) is 8.99. The van der Waals surface area contributed by atoms with Crippen LogP contribution in [0.25, 0.3) is 0 Å². The summed E-state index contributed by atoms with van der Waals surface area (Å²) in [6, 6.07) is 10.3. The monoisotopic (exact) mass is 447 g/mol. The van der Waals surface area contributed by atoms with Gasteiger partial charge in [0.05, 0.1) is 0 Å². The highest BCUT2D eigenvalue weighted by atomic mass is 127. The topological polar surface area (TPSA) is 28.2 Å². The van der Waals surface area contributed by atoms with E-state index in [1.54, 1.807) is 6.07 Å². The minimum Gasteiger partial charge on any atom is -0.355 e. The van der Waals surface area contributed by atoms with Gasteiger partial charge in [0, 0.05) is 45.5 Å². The van der Waals surface area contributed by atoms with Gasteiger partial charge in [0.1, 0.15) is 5.82 Å². The standard InChI is InChI=1S/C16H16Cl2IN3/c17-12-2-1-11(15(18)7-12)8-20-14-5-6-22(10-14)16-4-3-13(19)9-21-16/h1-4,7,9,14,20H,5-6,8,10H2. The van der Waals surface area contributed by atoms with Crippen molar-refractivity contribution in [3.63, 3.8) is 0 Å².